The molecule has 1 aromatic heterocycles. The van der Waals surface area contributed by atoms with Crippen LogP contribution in [-0.2, 0) is 14.9 Å². The average molecular weight is 334 g/mol. The Labute approximate surface area is 119 Å². The van der Waals surface area contributed by atoms with E-state index in [0.29, 0.717) is 22.9 Å². The summed E-state index contributed by atoms with van der Waals surface area (Å²) >= 11 is 9.37. The highest BCUT2D eigenvalue weighted by Gasteiger charge is 2.30. The van der Waals surface area contributed by atoms with Crippen molar-refractivity contribution in [1.82, 2.24) is 4.98 Å². The number of ether oxygens (including phenoxy) is 1. The highest BCUT2D eigenvalue weighted by molar-refractivity contribution is 9.08. The Morgan fingerprint density at radius 3 is 3.06 bits per heavy atom. The minimum Gasteiger partial charge on any atom is -0.369 e. The fourth-order valence-electron chi connectivity index (χ4n) is 1.98. The number of pyridine rings is 1. The van der Waals surface area contributed by atoms with Gasteiger partial charge in [0, 0.05) is 5.33 Å². The Bertz CT molecular complexity index is 456. The van der Waals surface area contributed by atoms with E-state index in [-0.39, 0.29) is 18.6 Å². The van der Waals surface area contributed by atoms with Crippen molar-refractivity contribution in [3.63, 3.8) is 0 Å². The third kappa shape index (κ3) is 2.84. The normalized spacial score (nSPS) is 20.3. The molecule has 0 aliphatic carbocycles. The predicted molar refractivity (Wildman–Crippen MR) is 74.3 cm³/mol. The molecule has 1 fully saturated rings. The van der Waals surface area contributed by atoms with Gasteiger partial charge in [-0.05, 0) is 24.1 Å². The number of aromatic nitrogens is 1. The molecule has 1 saturated heterocycles. The first-order valence-electron chi connectivity index (χ1n) is 5.78. The lowest BCUT2D eigenvalue weighted by molar-refractivity contribution is -0.127. The third-order valence-electron chi connectivity index (χ3n) is 2.88. The second kappa shape index (κ2) is 5.99. The molecule has 0 bridgehead atoms. The van der Waals surface area contributed by atoms with E-state index in [2.05, 4.69) is 20.9 Å². The van der Waals surface area contributed by atoms with Crippen LogP contribution in [0.4, 0.5) is 5.82 Å². The SMILES string of the molecule is CC[C@H]1COCC(=O)N1c1cc(CBr)cc(Cl)n1. The lowest BCUT2D eigenvalue weighted by Gasteiger charge is -2.34. The molecular formula is C12H14BrClN2O2. The fraction of sp³-hybridized carbons (Fsp3) is 0.500. The number of rotatable bonds is 3. The van der Waals surface area contributed by atoms with Gasteiger partial charge in [-0.3, -0.25) is 9.69 Å². The van der Waals surface area contributed by atoms with Gasteiger partial charge in [0.1, 0.15) is 17.6 Å². The zero-order valence-corrected chi connectivity index (χ0v) is 12.4. The molecule has 1 aliphatic rings. The zero-order chi connectivity index (χ0) is 13.1. The minimum absolute atomic E-state index is 0.0281. The first-order chi connectivity index (χ1) is 8.65. The van der Waals surface area contributed by atoms with E-state index >= 15 is 0 Å². The van der Waals surface area contributed by atoms with Crippen LogP contribution in [0.25, 0.3) is 0 Å². The van der Waals surface area contributed by atoms with Crippen molar-refractivity contribution in [2.24, 2.45) is 0 Å². The Morgan fingerprint density at radius 1 is 1.61 bits per heavy atom. The lowest BCUT2D eigenvalue weighted by atomic mass is 10.1. The maximum Gasteiger partial charge on any atom is 0.254 e. The summed E-state index contributed by atoms with van der Waals surface area (Å²) in [5.41, 5.74) is 0.999. The molecule has 0 spiro atoms. The summed E-state index contributed by atoms with van der Waals surface area (Å²) < 4.78 is 5.26. The Hall–Kier alpha value is -0.650. The molecule has 0 radical (unpaired) electrons. The van der Waals surface area contributed by atoms with Crippen molar-refractivity contribution in [3.8, 4) is 0 Å². The minimum atomic E-state index is -0.0663. The second-order valence-electron chi connectivity index (χ2n) is 4.13. The molecule has 0 N–H and O–H groups in total. The van der Waals surface area contributed by atoms with E-state index in [1.165, 1.54) is 0 Å². The van der Waals surface area contributed by atoms with Crippen molar-refractivity contribution >= 4 is 39.3 Å². The van der Waals surface area contributed by atoms with Crippen molar-refractivity contribution < 1.29 is 9.53 Å². The van der Waals surface area contributed by atoms with Crippen LogP contribution in [0.15, 0.2) is 12.1 Å². The van der Waals surface area contributed by atoms with Crippen molar-refractivity contribution in [2.75, 3.05) is 18.1 Å². The summed E-state index contributed by atoms with van der Waals surface area (Å²) in [4.78, 5) is 17.9. The molecule has 1 aliphatic heterocycles. The molecule has 1 aromatic rings. The number of anilines is 1. The van der Waals surface area contributed by atoms with Crippen LogP contribution in [0, 0.1) is 0 Å². The summed E-state index contributed by atoms with van der Waals surface area (Å²) in [5.74, 6) is 0.542. The number of halogens is 2. The molecule has 2 heterocycles. The molecular weight excluding hydrogens is 320 g/mol. The van der Waals surface area contributed by atoms with E-state index in [1.54, 1.807) is 11.0 Å². The number of hydrogen-bond donors (Lipinski definition) is 0. The summed E-state index contributed by atoms with van der Waals surface area (Å²) in [6.07, 6.45) is 0.823. The molecule has 2 rings (SSSR count). The highest BCUT2D eigenvalue weighted by atomic mass is 79.9. The predicted octanol–water partition coefficient (Wildman–Crippen LogP) is 2.77. The first kappa shape index (κ1) is 13.8. The standard InChI is InChI=1S/C12H14BrClN2O2/c1-2-9-6-18-7-12(17)16(9)11-4-8(5-13)3-10(14)15-11/h3-4,9H,2,5-7H2,1H3/t9-/m0/s1. The van der Waals surface area contributed by atoms with Gasteiger partial charge in [-0.2, -0.15) is 0 Å². The molecule has 98 valence electrons. The number of hydrogen-bond acceptors (Lipinski definition) is 3. The molecule has 0 aromatic carbocycles. The Balaban J connectivity index is 2.38. The summed E-state index contributed by atoms with van der Waals surface area (Å²) in [5, 5.41) is 1.08. The largest absolute Gasteiger partial charge is 0.369 e. The van der Waals surface area contributed by atoms with Crippen LogP contribution in [0.5, 0.6) is 0 Å². The number of carbonyl (C=O) groups is 1. The number of amides is 1. The van der Waals surface area contributed by atoms with Gasteiger partial charge in [0.15, 0.2) is 0 Å². The molecule has 0 saturated carbocycles. The number of nitrogens with zero attached hydrogens (tertiary/aromatic N) is 2. The monoisotopic (exact) mass is 332 g/mol. The van der Waals surface area contributed by atoms with Crippen LogP contribution >= 0.6 is 27.5 Å². The summed E-state index contributed by atoms with van der Waals surface area (Å²) in [6.45, 7) is 2.67. The van der Waals surface area contributed by atoms with E-state index < -0.39 is 0 Å². The van der Waals surface area contributed by atoms with Crippen molar-refractivity contribution in [2.45, 2.75) is 24.7 Å². The van der Waals surface area contributed by atoms with Gasteiger partial charge in [-0.15, -0.1) is 0 Å². The molecule has 1 amide bonds. The van der Waals surface area contributed by atoms with Gasteiger partial charge in [-0.1, -0.05) is 34.5 Å². The molecule has 0 unspecified atom stereocenters. The van der Waals surface area contributed by atoms with Gasteiger partial charge in [0.25, 0.3) is 5.91 Å². The van der Waals surface area contributed by atoms with Crippen LogP contribution in [0.3, 0.4) is 0 Å². The van der Waals surface area contributed by atoms with Crippen LogP contribution in [0.2, 0.25) is 5.15 Å². The average Bonchev–Trinajstić information content (AvgIpc) is 2.37. The zero-order valence-electron chi connectivity index (χ0n) is 10.0. The number of alkyl halides is 1. The molecule has 1 atom stereocenters. The Morgan fingerprint density at radius 2 is 2.39 bits per heavy atom. The van der Waals surface area contributed by atoms with Gasteiger partial charge in [-0.25, -0.2) is 4.98 Å². The third-order valence-corrected chi connectivity index (χ3v) is 3.72. The second-order valence-corrected chi connectivity index (χ2v) is 5.08. The fourth-order valence-corrected chi connectivity index (χ4v) is 2.53. The van der Waals surface area contributed by atoms with Gasteiger partial charge in [0.05, 0.1) is 12.6 Å². The number of carbonyl (C=O) groups excluding carboxylic acids is 1. The topological polar surface area (TPSA) is 42.4 Å². The van der Waals surface area contributed by atoms with Gasteiger partial charge in [0.2, 0.25) is 0 Å². The quantitative estimate of drug-likeness (QED) is 0.631. The molecule has 4 nitrogen and oxygen atoms in total. The molecule has 18 heavy (non-hydrogen) atoms. The van der Waals surface area contributed by atoms with Crippen LogP contribution < -0.4 is 4.90 Å². The van der Waals surface area contributed by atoms with E-state index in [9.17, 15) is 4.79 Å². The highest BCUT2D eigenvalue weighted by Crippen LogP contribution is 2.24. The van der Waals surface area contributed by atoms with Crippen LogP contribution in [0.1, 0.15) is 18.9 Å². The van der Waals surface area contributed by atoms with Gasteiger partial charge >= 0.3 is 0 Å². The van der Waals surface area contributed by atoms with Crippen molar-refractivity contribution in [1.29, 1.82) is 0 Å². The van der Waals surface area contributed by atoms with E-state index in [1.807, 2.05) is 13.0 Å². The maximum absolute atomic E-state index is 12.0. The van der Waals surface area contributed by atoms with E-state index in [0.717, 1.165) is 12.0 Å². The van der Waals surface area contributed by atoms with E-state index in [4.69, 9.17) is 16.3 Å². The van der Waals surface area contributed by atoms with Gasteiger partial charge < -0.3 is 4.74 Å². The maximum atomic E-state index is 12.0. The first-order valence-corrected chi connectivity index (χ1v) is 7.28. The Kier molecular flexibility index (Phi) is 4.59. The lowest BCUT2D eigenvalue weighted by Crippen LogP contribution is -2.49. The smallest absolute Gasteiger partial charge is 0.254 e. The number of morpholine rings is 1. The van der Waals surface area contributed by atoms with Crippen LogP contribution in [-0.4, -0.2) is 30.1 Å². The van der Waals surface area contributed by atoms with Crippen molar-refractivity contribution in [3.05, 3.63) is 22.8 Å². The summed E-state index contributed by atoms with van der Waals surface area (Å²) in [6, 6.07) is 3.69. The summed E-state index contributed by atoms with van der Waals surface area (Å²) in [7, 11) is 0. The molecule has 6 heteroatoms.